The van der Waals surface area contributed by atoms with E-state index in [1.165, 1.54) is 11.1 Å². The molecule has 5 heteroatoms. The van der Waals surface area contributed by atoms with Crippen molar-refractivity contribution >= 4 is 28.3 Å². The molecule has 3 aromatic carbocycles. The number of aryl methyl sites for hydroxylation is 4. The van der Waals surface area contributed by atoms with Crippen molar-refractivity contribution in [2.24, 2.45) is 0 Å². The normalized spacial score (nSPS) is 18.7. The number of hydrogen-bond donors (Lipinski definition) is 1. The summed E-state index contributed by atoms with van der Waals surface area (Å²) in [6, 6.07) is 16.8. The van der Waals surface area contributed by atoms with Crippen LogP contribution in [0.2, 0.25) is 0 Å². The fourth-order valence-corrected chi connectivity index (χ4v) is 5.54. The molecule has 3 heterocycles. The van der Waals surface area contributed by atoms with E-state index in [1.54, 1.807) is 0 Å². The number of para-hydroxylation sites is 1. The van der Waals surface area contributed by atoms with Gasteiger partial charge in [-0.15, -0.1) is 0 Å². The second-order valence-electron chi connectivity index (χ2n) is 9.10. The van der Waals surface area contributed by atoms with Crippen molar-refractivity contribution in [3.05, 3.63) is 76.3 Å². The van der Waals surface area contributed by atoms with Crippen LogP contribution in [0.1, 0.15) is 34.7 Å². The van der Waals surface area contributed by atoms with Crippen LogP contribution in [-0.2, 0) is 10.5 Å². The first kappa shape index (κ1) is 19.1. The summed E-state index contributed by atoms with van der Waals surface area (Å²) in [6.07, 6.45) is 0. The smallest absolute Gasteiger partial charge is 0.279 e. The second kappa shape index (κ2) is 6.22. The van der Waals surface area contributed by atoms with E-state index in [-0.39, 0.29) is 5.91 Å². The van der Waals surface area contributed by atoms with Crippen LogP contribution in [0.3, 0.4) is 0 Å². The molecule has 0 radical (unpaired) electrons. The van der Waals surface area contributed by atoms with Crippen LogP contribution in [0.4, 0.5) is 11.4 Å². The Morgan fingerprint density at radius 1 is 0.969 bits per heavy atom. The molecule has 160 valence electrons. The first-order chi connectivity index (χ1) is 15.4. The third kappa shape index (κ3) is 2.18. The minimum atomic E-state index is -1.07. The number of rotatable bonds is 1. The van der Waals surface area contributed by atoms with Crippen molar-refractivity contribution in [2.75, 3.05) is 16.8 Å². The van der Waals surface area contributed by atoms with Crippen molar-refractivity contribution < 1.29 is 4.79 Å². The van der Waals surface area contributed by atoms with Gasteiger partial charge in [-0.25, -0.2) is 4.98 Å². The molecule has 32 heavy (non-hydrogen) atoms. The summed E-state index contributed by atoms with van der Waals surface area (Å²) in [4.78, 5) is 21.3. The molecule has 1 unspecified atom stereocenters. The molecule has 1 aromatic heterocycles. The van der Waals surface area contributed by atoms with Gasteiger partial charge in [0.05, 0.1) is 16.7 Å². The maximum atomic E-state index is 14.3. The Hall–Kier alpha value is -3.60. The Morgan fingerprint density at radius 3 is 2.50 bits per heavy atom. The number of aromatic nitrogens is 2. The molecule has 5 nitrogen and oxygen atoms in total. The summed E-state index contributed by atoms with van der Waals surface area (Å²) in [5.41, 5.74) is 9.41. The lowest BCUT2D eigenvalue weighted by Gasteiger charge is -2.38. The molecule has 1 atom stereocenters. The largest absolute Gasteiger partial charge is 0.350 e. The lowest BCUT2D eigenvalue weighted by molar-refractivity contribution is -0.123. The van der Waals surface area contributed by atoms with Crippen LogP contribution < -0.4 is 10.2 Å². The van der Waals surface area contributed by atoms with Crippen LogP contribution in [0.5, 0.6) is 0 Å². The highest BCUT2D eigenvalue weighted by molar-refractivity contribution is 6.12. The zero-order chi connectivity index (χ0) is 22.4. The maximum Gasteiger partial charge on any atom is 0.279 e. The number of carbonyl (C=O) groups is 1. The number of fused-ring (bicyclic) bond motifs is 8. The van der Waals surface area contributed by atoms with Gasteiger partial charge in [0, 0.05) is 23.4 Å². The number of likely N-dealkylation sites (N-methyl/N-ethyl adjacent to an activating group) is 1. The van der Waals surface area contributed by atoms with Crippen LogP contribution in [0.15, 0.2) is 48.5 Å². The molecule has 0 fully saturated rings. The van der Waals surface area contributed by atoms with Crippen LogP contribution in [0, 0.1) is 27.7 Å². The molecule has 2 aliphatic rings. The fraction of sp³-hybridized carbons (Fsp3) is 0.259. The highest BCUT2D eigenvalue weighted by atomic mass is 16.2. The highest BCUT2D eigenvalue weighted by Crippen LogP contribution is 2.51. The van der Waals surface area contributed by atoms with Crippen molar-refractivity contribution in [1.82, 2.24) is 9.55 Å². The van der Waals surface area contributed by atoms with Gasteiger partial charge >= 0.3 is 0 Å². The van der Waals surface area contributed by atoms with Gasteiger partial charge in [-0.3, -0.25) is 9.36 Å². The second-order valence-corrected chi connectivity index (χ2v) is 9.10. The third-order valence-corrected chi connectivity index (χ3v) is 7.06. The average molecular weight is 423 g/mol. The van der Waals surface area contributed by atoms with Crippen molar-refractivity contribution in [2.45, 2.75) is 40.3 Å². The number of amides is 1. The van der Waals surface area contributed by atoms with E-state index < -0.39 is 5.66 Å². The maximum absolute atomic E-state index is 14.3. The Kier molecular flexibility index (Phi) is 3.72. The summed E-state index contributed by atoms with van der Waals surface area (Å²) in [6.45, 7) is 11.1. The number of imidazole rings is 1. The molecule has 1 spiro atoms. The Labute approximate surface area is 187 Å². The van der Waals surface area contributed by atoms with E-state index in [0.29, 0.717) is 6.54 Å². The van der Waals surface area contributed by atoms with E-state index in [0.717, 1.165) is 50.5 Å². The van der Waals surface area contributed by atoms with Crippen molar-refractivity contribution in [3.8, 4) is 11.4 Å². The molecule has 6 rings (SSSR count). The van der Waals surface area contributed by atoms with Gasteiger partial charge in [0.25, 0.3) is 5.91 Å². The monoisotopic (exact) mass is 422 g/mol. The number of benzene rings is 3. The SMILES string of the molecule is CCN1C(=O)C2(Nc3ccccc3-c3nc4cc(C)c(C)cc4n32)c2cc(C)cc(C)c21. The summed E-state index contributed by atoms with van der Waals surface area (Å²) >= 11 is 0. The Morgan fingerprint density at radius 2 is 1.72 bits per heavy atom. The van der Waals surface area contributed by atoms with Crippen LogP contribution in [0.25, 0.3) is 22.4 Å². The molecular formula is C27H26N4O. The Bertz CT molecular complexity index is 1460. The molecule has 2 aliphatic heterocycles. The third-order valence-electron chi connectivity index (χ3n) is 7.06. The van der Waals surface area contributed by atoms with Gasteiger partial charge < -0.3 is 10.2 Å². The van der Waals surface area contributed by atoms with E-state index in [1.807, 2.05) is 30.0 Å². The van der Waals surface area contributed by atoms with Gasteiger partial charge in [-0.2, -0.15) is 0 Å². The van der Waals surface area contributed by atoms with Crippen LogP contribution in [-0.4, -0.2) is 22.0 Å². The molecule has 0 aliphatic carbocycles. The molecule has 0 saturated carbocycles. The standard InChI is InChI=1S/C27H26N4O/c1-6-30-24-18(5)11-15(2)12-20(24)27(26(30)32)29-21-10-8-7-9-19(21)25-28-22-13-16(3)17(4)14-23(22)31(25)27/h7-14,29H,6H2,1-5H3. The van der Waals surface area contributed by atoms with Gasteiger partial charge in [-0.05, 0) is 81.6 Å². The van der Waals surface area contributed by atoms with E-state index in [9.17, 15) is 4.79 Å². The van der Waals surface area contributed by atoms with Gasteiger partial charge in [0.1, 0.15) is 5.82 Å². The van der Waals surface area contributed by atoms with Crippen LogP contribution >= 0.6 is 0 Å². The van der Waals surface area contributed by atoms with E-state index in [4.69, 9.17) is 4.98 Å². The topological polar surface area (TPSA) is 50.2 Å². The predicted octanol–water partition coefficient (Wildman–Crippen LogP) is 5.43. The lowest BCUT2D eigenvalue weighted by atomic mass is 9.92. The van der Waals surface area contributed by atoms with Crippen molar-refractivity contribution in [1.29, 1.82) is 0 Å². The fourth-order valence-electron chi connectivity index (χ4n) is 5.54. The molecule has 0 saturated heterocycles. The molecular weight excluding hydrogens is 396 g/mol. The average Bonchev–Trinajstić information content (AvgIpc) is 3.23. The number of hydrogen-bond acceptors (Lipinski definition) is 3. The predicted molar refractivity (Wildman–Crippen MR) is 129 cm³/mol. The number of carbonyl (C=O) groups excluding carboxylic acids is 1. The minimum absolute atomic E-state index is 0.0389. The zero-order valence-corrected chi connectivity index (χ0v) is 19.1. The molecule has 1 N–H and O–H groups in total. The van der Waals surface area contributed by atoms with E-state index >= 15 is 0 Å². The molecule has 4 aromatic rings. The number of nitrogens with one attached hydrogen (secondary N) is 1. The van der Waals surface area contributed by atoms with Crippen molar-refractivity contribution in [3.63, 3.8) is 0 Å². The quantitative estimate of drug-likeness (QED) is 0.445. The lowest BCUT2D eigenvalue weighted by Crippen LogP contribution is -2.53. The number of nitrogens with zero attached hydrogens (tertiary/aromatic N) is 3. The summed E-state index contributed by atoms with van der Waals surface area (Å²) in [7, 11) is 0. The van der Waals surface area contributed by atoms with Gasteiger partial charge in [-0.1, -0.05) is 23.8 Å². The van der Waals surface area contributed by atoms with Gasteiger partial charge in [0.15, 0.2) is 0 Å². The summed E-state index contributed by atoms with van der Waals surface area (Å²) in [5, 5.41) is 3.70. The summed E-state index contributed by atoms with van der Waals surface area (Å²) in [5.74, 6) is 0.868. The Balaban J connectivity index is 1.81. The van der Waals surface area contributed by atoms with E-state index in [2.05, 4.69) is 67.9 Å². The highest BCUT2D eigenvalue weighted by Gasteiger charge is 2.56. The first-order valence-electron chi connectivity index (χ1n) is 11.2. The zero-order valence-electron chi connectivity index (χ0n) is 19.1. The molecule has 0 bridgehead atoms. The molecule has 1 amide bonds. The minimum Gasteiger partial charge on any atom is -0.350 e. The first-order valence-corrected chi connectivity index (χ1v) is 11.2. The summed E-state index contributed by atoms with van der Waals surface area (Å²) < 4.78 is 2.15. The van der Waals surface area contributed by atoms with Gasteiger partial charge in [0.2, 0.25) is 5.66 Å². The number of anilines is 2.